The molecule has 5 nitrogen and oxygen atoms in total. The third-order valence-electron chi connectivity index (χ3n) is 3.84. The maximum atomic E-state index is 12.3. The van der Waals surface area contributed by atoms with E-state index in [1.165, 1.54) is 6.08 Å². The summed E-state index contributed by atoms with van der Waals surface area (Å²) in [5, 5.41) is 11.9. The standard InChI is InChI=1S/C22H15I2NO4/c23-16-9-7-15(8-10-16)21(26)25-19(22(27)28)13-14-5-11-17(12-6-14)29-20-4-2-1-3-18(20)24/h1-13H,(H,25,26)(H,27,28). The van der Waals surface area contributed by atoms with Crippen LogP contribution in [0.4, 0.5) is 0 Å². The van der Waals surface area contributed by atoms with Crippen molar-refractivity contribution in [2.75, 3.05) is 0 Å². The molecule has 0 saturated carbocycles. The molecular weight excluding hydrogens is 596 g/mol. The van der Waals surface area contributed by atoms with Crippen molar-refractivity contribution in [3.63, 3.8) is 0 Å². The molecule has 0 fully saturated rings. The van der Waals surface area contributed by atoms with E-state index in [4.69, 9.17) is 4.74 Å². The van der Waals surface area contributed by atoms with Gasteiger partial charge in [-0.3, -0.25) is 4.79 Å². The van der Waals surface area contributed by atoms with Gasteiger partial charge in [-0.05, 0) is 105 Å². The average Bonchev–Trinajstić information content (AvgIpc) is 2.71. The van der Waals surface area contributed by atoms with Gasteiger partial charge in [0.2, 0.25) is 0 Å². The Morgan fingerprint density at radius 3 is 2.17 bits per heavy atom. The number of para-hydroxylation sites is 1. The quantitative estimate of drug-likeness (QED) is 0.284. The minimum absolute atomic E-state index is 0.208. The van der Waals surface area contributed by atoms with E-state index in [9.17, 15) is 14.7 Å². The van der Waals surface area contributed by atoms with Gasteiger partial charge in [-0.15, -0.1) is 0 Å². The molecule has 0 aromatic heterocycles. The monoisotopic (exact) mass is 611 g/mol. The Morgan fingerprint density at radius 1 is 0.897 bits per heavy atom. The Kier molecular flexibility index (Phi) is 7.26. The Labute approximate surface area is 195 Å². The summed E-state index contributed by atoms with van der Waals surface area (Å²) in [5.41, 5.74) is 0.805. The molecule has 29 heavy (non-hydrogen) atoms. The van der Waals surface area contributed by atoms with Gasteiger partial charge >= 0.3 is 5.97 Å². The number of ether oxygens (including phenoxy) is 1. The summed E-state index contributed by atoms with van der Waals surface area (Å²) in [6, 6.07) is 21.5. The lowest BCUT2D eigenvalue weighted by Gasteiger charge is -2.09. The van der Waals surface area contributed by atoms with Crippen LogP contribution in [-0.4, -0.2) is 17.0 Å². The number of hydrogen-bond acceptors (Lipinski definition) is 3. The van der Waals surface area contributed by atoms with E-state index in [2.05, 4.69) is 50.5 Å². The second-order valence-corrected chi connectivity index (χ2v) is 8.33. The van der Waals surface area contributed by atoms with E-state index in [0.29, 0.717) is 16.9 Å². The van der Waals surface area contributed by atoms with Gasteiger partial charge in [0.25, 0.3) is 5.91 Å². The Bertz CT molecular complexity index is 1060. The van der Waals surface area contributed by atoms with Gasteiger partial charge in [-0.1, -0.05) is 24.3 Å². The molecule has 0 radical (unpaired) electrons. The molecule has 0 saturated heterocycles. The minimum atomic E-state index is -1.22. The van der Waals surface area contributed by atoms with Crippen LogP contribution in [0, 0.1) is 7.14 Å². The van der Waals surface area contributed by atoms with Crippen LogP contribution in [0.5, 0.6) is 11.5 Å². The van der Waals surface area contributed by atoms with Crippen LogP contribution in [0.15, 0.2) is 78.5 Å². The fraction of sp³-hybridized carbons (Fsp3) is 0. The smallest absolute Gasteiger partial charge is 0.352 e. The second kappa shape index (κ2) is 9.88. The zero-order chi connectivity index (χ0) is 20.8. The summed E-state index contributed by atoms with van der Waals surface area (Å²) in [6.07, 6.45) is 1.41. The normalized spacial score (nSPS) is 11.0. The molecule has 1 amide bonds. The van der Waals surface area contributed by atoms with Crippen molar-refractivity contribution < 1.29 is 19.4 Å². The Hall–Kier alpha value is -2.40. The highest BCUT2D eigenvalue weighted by Crippen LogP contribution is 2.26. The number of carboxylic acids is 1. The molecule has 0 unspecified atom stereocenters. The molecule has 3 aromatic carbocycles. The minimum Gasteiger partial charge on any atom is -0.477 e. The zero-order valence-electron chi connectivity index (χ0n) is 14.9. The van der Waals surface area contributed by atoms with Gasteiger partial charge in [-0.25, -0.2) is 4.79 Å². The summed E-state index contributed by atoms with van der Waals surface area (Å²) in [6.45, 7) is 0. The van der Waals surface area contributed by atoms with Crippen LogP contribution >= 0.6 is 45.2 Å². The molecule has 7 heteroatoms. The van der Waals surface area contributed by atoms with Gasteiger partial charge < -0.3 is 15.2 Å². The summed E-state index contributed by atoms with van der Waals surface area (Å²) in [7, 11) is 0. The molecule has 146 valence electrons. The molecule has 3 aromatic rings. The van der Waals surface area contributed by atoms with Crippen molar-refractivity contribution in [2.45, 2.75) is 0 Å². The summed E-state index contributed by atoms with van der Waals surface area (Å²) < 4.78 is 7.81. The van der Waals surface area contributed by atoms with Crippen molar-refractivity contribution in [3.05, 3.63) is 96.8 Å². The number of halogens is 2. The fourth-order valence-electron chi connectivity index (χ4n) is 2.40. The molecule has 3 rings (SSSR count). The topological polar surface area (TPSA) is 75.6 Å². The summed E-state index contributed by atoms with van der Waals surface area (Å²) in [5.74, 6) is -0.324. The van der Waals surface area contributed by atoms with E-state index >= 15 is 0 Å². The number of carbonyl (C=O) groups is 2. The lowest BCUT2D eigenvalue weighted by Crippen LogP contribution is -2.27. The van der Waals surface area contributed by atoms with Gasteiger partial charge in [-0.2, -0.15) is 0 Å². The number of carbonyl (C=O) groups excluding carboxylic acids is 1. The van der Waals surface area contributed by atoms with Crippen LogP contribution < -0.4 is 10.1 Å². The predicted molar refractivity (Wildman–Crippen MR) is 128 cm³/mol. The van der Waals surface area contributed by atoms with Crippen LogP contribution in [-0.2, 0) is 4.79 Å². The highest BCUT2D eigenvalue weighted by Gasteiger charge is 2.13. The van der Waals surface area contributed by atoms with E-state index in [1.807, 2.05) is 24.3 Å². The van der Waals surface area contributed by atoms with E-state index in [-0.39, 0.29) is 5.70 Å². The highest BCUT2D eigenvalue weighted by molar-refractivity contribution is 14.1. The Balaban J connectivity index is 1.75. The molecule has 2 N–H and O–H groups in total. The number of rotatable bonds is 6. The molecule has 0 atom stereocenters. The maximum Gasteiger partial charge on any atom is 0.352 e. The number of benzene rings is 3. The molecule has 0 aliphatic rings. The SMILES string of the molecule is O=C(O)C(=Cc1ccc(Oc2ccccc2I)cc1)NC(=O)c1ccc(I)cc1. The number of hydrogen-bond donors (Lipinski definition) is 2. The lowest BCUT2D eigenvalue weighted by atomic mass is 10.1. The number of nitrogens with one attached hydrogen (secondary N) is 1. The van der Waals surface area contributed by atoms with Gasteiger partial charge in [0, 0.05) is 9.13 Å². The van der Waals surface area contributed by atoms with Crippen LogP contribution in [0.1, 0.15) is 15.9 Å². The lowest BCUT2D eigenvalue weighted by molar-refractivity contribution is -0.132. The summed E-state index contributed by atoms with van der Waals surface area (Å²) in [4.78, 5) is 23.9. The average molecular weight is 611 g/mol. The van der Waals surface area contributed by atoms with Crippen LogP contribution in [0.2, 0.25) is 0 Å². The third kappa shape index (κ3) is 6.04. The number of aliphatic carboxylic acids is 1. The molecular formula is C22H15I2NO4. The van der Waals surface area contributed by atoms with Gasteiger partial charge in [0.05, 0.1) is 3.57 Å². The van der Waals surface area contributed by atoms with Crippen molar-refractivity contribution in [3.8, 4) is 11.5 Å². The van der Waals surface area contributed by atoms with Crippen LogP contribution in [0.3, 0.4) is 0 Å². The zero-order valence-corrected chi connectivity index (χ0v) is 19.2. The fourth-order valence-corrected chi connectivity index (χ4v) is 3.26. The van der Waals surface area contributed by atoms with E-state index in [1.54, 1.807) is 48.5 Å². The van der Waals surface area contributed by atoms with Crippen molar-refractivity contribution in [1.29, 1.82) is 0 Å². The molecule has 0 spiro atoms. The molecule has 0 aliphatic heterocycles. The first-order valence-electron chi connectivity index (χ1n) is 8.47. The van der Waals surface area contributed by atoms with Crippen molar-refractivity contribution in [1.82, 2.24) is 5.32 Å². The highest BCUT2D eigenvalue weighted by atomic mass is 127. The van der Waals surface area contributed by atoms with Gasteiger partial charge in [0.15, 0.2) is 0 Å². The van der Waals surface area contributed by atoms with Crippen LogP contribution in [0.25, 0.3) is 6.08 Å². The predicted octanol–water partition coefficient (Wildman–Crippen LogP) is 5.54. The van der Waals surface area contributed by atoms with E-state index in [0.717, 1.165) is 12.9 Å². The van der Waals surface area contributed by atoms with E-state index < -0.39 is 11.9 Å². The first kappa shape index (κ1) is 21.3. The molecule has 0 heterocycles. The van der Waals surface area contributed by atoms with Crippen molar-refractivity contribution in [2.24, 2.45) is 0 Å². The second-order valence-electron chi connectivity index (χ2n) is 5.93. The Morgan fingerprint density at radius 2 is 1.55 bits per heavy atom. The number of amides is 1. The maximum absolute atomic E-state index is 12.3. The number of carboxylic acid groups (broad SMARTS) is 1. The van der Waals surface area contributed by atoms with Crippen molar-refractivity contribution >= 4 is 63.1 Å². The molecule has 0 bridgehead atoms. The first-order valence-corrected chi connectivity index (χ1v) is 10.6. The van der Waals surface area contributed by atoms with Gasteiger partial charge in [0.1, 0.15) is 17.2 Å². The third-order valence-corrected chi connectivity index (χ3v) is 5.45. The summed E-state index contributed by atoms with van der Waals surface area (Å²) >= 11 is 4.33. The largest absolute Gasteiger partial charge is 0.477 e. The first-order chi connectivity index (χ1) is 13.9. The molecule has 0 aliphatic carbocycles.